The van der Waals surface area contributed by atoms with Gasteiger partial charge in [-0.1, -0.05) is 50.1 Å². The number of ether oxygens (including phenoxy) is 3. The van der Waals surface area contributed by atoms with Crippen molar-refractivity contribution in [3.8, 4) is 17.2 Å². The van der Waals surface area contributed by atoms with E-state index in [4.69, 9.17) is 19.9 Å². The van der Waals surface area contributed by atoms with Gasteiger partial charge in [0.25, 0.3) is 0 Å². The summed E-state index contributed by atoms with van der Waals surface area (Å²) >= 11 is 7.11. The second-order valence-electron chi connectivity index (χ2n) is 12.5. The lowest BCUT2D eigenvalue weighted by Crippen LogP contribution is -2.24. The SMILES string of the molecule is COc1cccc(CN[C@@H]2CCCc3c2[nH]c2ccc(Br)cc32)c1.COc1cccc(OC)c1.N[C@@H]1CCCc2c1[nH]c1ccc(Br)cc21. The first-order valence-corrected chi connectivity index (χ1v) is 18.3. The van der Waals surface area contributed by atoms with Crippen LogP contribution in [0.15, 0.2) is 93.9 Å². The number of nitrogens with one attached hydrogen (secondary N) is 3. The fourth-order valence-corrected chi connectivity index (χ4v) is 7.58. The molecule has 2 aliphatic carbocycles. The van der Waals surface area contributed by atoms with Crippen LogP contribution in [0.1, 0.15) is 65.8 Å². The number of hydrogen-bond donors (Lipinski definition) is 4. The Labute approximate surface area is 305 Å². The minimum atomic E-state index is 0.194. The van der Waals surface area contributed by atoms with Crippen LogP contribution in [0.2, 0.25) is 0 Å². The first-order chi connectivity index (χ1) is 23.9. The maximum Gasteiger partial charge on any atom is 0.122 e. The number of aryl methyl sites for hydroxylation is 2. The van der Waals surface area contributed by atoms with E-state index in [1.54, 1.807) is 21.3 Å². The summed E-state index contributed by atoms with van der Waals surface area (Å²) in [5, 5.41) is 6.40. The number of rotatable bonds is 6. The third-order valence-corrected chi connectivity index (χ3v) is 10.3. The van der Waals surface area contributed by atoms with Crippen molar-refractivity contribution in [2.24, 2.45) is 5.73 Å². The van der Waals surface area contributed by atoms with E-state index in [1.807, 2.05) is 36.4 Å². The standard InChI is InChI=1S/C20H21BrN2O.C12H13BrN2.C8H10O2/c1-24-15-5-2-4-13(10-15)12-22-19-7-3-6-16-17-11-14(21)8-9-18(17)23-20(16)19;13-7-4-5-11-9(6-7)8-2-1-3-10(14)12(8)15-11;1-9-7-4-3-5-8(6-7)10-2/h2,4-5,8-11,19,22-23H,3,6-7,12H2,1H3;4-6,10,15H,1-3,14H2;3-6H,1-2H3/t19-;10-;/m11./s1. The van der Waals surface area contributed by atoms with E-state index in [1.165, 1.54) is 69.1 Å². The molecule has 0 radical (unpaired) electrons. The molecule has 0 amide bonds. The van der Waals surface area contributed by atoms with Gasteiger partial charge < -0.3 is 35.2 Å². The summed E-state index contributed by atoms with van der Waals surface area (Å²) in [5.41, 5.74) is 15.3. The molecule has 0 saturated heterocycles. The van der Waals surface area contributed by atoms with Gasteiger partial charge in [-0.25, -0.2) is 0 Å². The molecule has 2 aliphatic rings. The van der Waals surface area contributed by atoms with Crippen molar-refractivity contribution in [3.63, 3.8) is 0 Å². The zero-order valence-electron chi connectivity index (χ0n) is 28.2. The summed E-state index contributed by atoms with van der Waals surface area (Å²) in [6.07, 6.45) is 7.00. The molecule has 2 heterocycles. The molecule has 8 rings (SSSR count). The Morgan fingerprint density at radius 2 is 1.20 bits per heavy atom. The largest absolute Gasteiger partial charge is 0.497 e. The van der Waals surface area contributed by atoms with Crippen LogP contribution in [-0.4, -0.2) is 31.3 Å². The molecule has 0 aliphatic heterocycles. The number of H-pyrrole nitrogens is 2. The Morgan fingerprint density at radius 1 is 0.673 bits per heavy atom. The van der Waals surface area contributed by atoms with Crippen molar-refractivity contribution in [3.05, 3.63) is 122 Å². The predicted octanol–water partition coefficient (Wildman–Crippen LogP) is 10.1. The quantitative estimate of drug-likeness (QED) is 0.135. The molecule has 9 heteroatoms. The summed E-state index contributed by atoms with van der Waals surface area (Å²) in [7, 11) is 4.98. The first kappa shape index (κ1) is 35.1. The lowest BCUT2D eigenvalue weighted by molar-refractivity contribution is 0.394. The molecule has 7 nitrogen and oxygen atoms in total. The van der Waals surface area contributed by atoms with E-state index in [-0.39, 0.29) is 6.04 Å². The Kier molecular flexibility index (Phi) is 11.7. The smallest absolute Gasteiger partial charge is 0.122 e. The van der Waals surface area contributed by atoms with Gasteiger partial charge in [-0.15, -0.1) is 0 Å². The molecule has 0 saturated carbocycles. The third-order valence-electron chi connectivity index (χ3n) is 9.35. The predicted molar refractivity (Wildman–Crippen MR) is 207 cm³/mol. The van der Waals surface area contributed by atoms with E-state index in [0.717, 1.165) is 52.0 Å². The highest BCUT2D eigenvalue weighted by atomic mass is 79.9. The number of fused-ring (bicyclic) bond motifs is 6. The second kappa shape index (κ2) is 16.3. The highest BCUT2D eigenvalue weighted by Crippen LogP contribution is 2.37. The number of hydrogen-bond acceptors (Lipinski definition) is 5. The van der Waals surface area contributed by atoms with E-state index in [2.05, 4.69) is 95.7 Å². The molecule has 0 spiro atoms. The molecule has 49 heavy (non-hydrogen) atoms. The molecule has 2 aromatic heterocycles. The van der Waals surface area contributed by atoms with Gasteiger partial charge in [-0.2, -0.15) is 0 Å². The van der Waals surface area contributed by atoms with Crippen molar-refractivity contribution >= 4 is 53.7 Å². The van der Waals surface area contributed by atoms with E-state index in [9.17, 15) is 0 Å². The summed E-state index contributed by atoms with van der Waals surface area (Å²) in [6.45, 7) is 0.848. The molecule has 0 bridgehead atoms. The van der Waals surface area contributed by atoms with Crippen LogP contribution >= 0.6 is 31.9 Å². The number of aromatic nitrogens is 2. The molecule has 256 valence electrons. The Bertz CT molecular complexity index is 2000. The van der Waals surface area contributed by atoms with Gasteiger partial charge in [-0.05, 0) is 116 Å². The van der Waals surface area contributed by atoms with Crippen LogP contribution < -0.4 is 25.3 Å². The van der Waals surface area contributed by atoms with Crippen LogP contribution in [-0.2, 0) is 19.4 Å². The fourth-order valence-electron chi connectivity index (χ4n) is 6.86. The van der Waals surface area contributed by atoms with Crippen molar-refractivity contribution in [1.82, 2.24) is 15.3 Å². The van der Waals surface area contributed by atoms with Gasteiger partial charge in [0, 0.05) is 66.8 Å². The number of methoxy groups -OCH3 is 3. The highest BCUT2D eigenvalue weighted by Gasteiger charge is 2.24. The van der Waals surface area contributed by atoms with E-state index >= 15 is 0 Å². The Morgan fingerprint density at radius 3 is 1.82 bits per heavy atom. The molecule has 4 aromatic carbocycles. The topological polar surface area (TPSA) is 97.3 Å². The summed E-state index contributed by atoms with van der Waals surface area (Å²) in [6, 6.07) is 29.2. The van der Waals surface area contributed by atoms with Gasteiger partial charge >= 0.3 is 0 Å². The van der Waals surface area contributed by atoms with Crippen LogP contribution in [0.3, 0.4) is 0 Å². The van der Waals surface area contributed by atoms with Gasteiger partial charge in [-0.3, -0.25) is 0 Å². The second-order valence-corrected chi connectivity index (χ2v) is 14.3. The Hall–Kier alpha value is -3.76. The minimum Gasteiger partial charge on any atom is -0.497 e. The average molecular weight is 789 g/mol. The minimum absolute atomic E-state index is 0.194. The summed E-state index contributed by atoms with van der Waals surface area (Å²) in [4.78, 5) is 7.09. The molecule has 0 unspecified atom stereocenters. The van der Waals surface area contributed by atoms with Crippen molar-refractivity contribution in [1.29, 1.82) is 0 Å². The number of aromatic amines is 2. The maximum atomic E-state index is 6.11. The monoisotopic (exact) mass is 786 g/mol. The van der Waals surface area contributed by atoms with Crippen LogP contribution in [0.5, 0.6) is 17.2 Å². The molecule has 2 atom stereocenters. The van der Waals surface area contributed by atoms with Crippen molar-refractivity contribution < 1.29 is 14.2 Å². The van der Waals surface area contributed by atoms with Crippen LogP contribution in [0, 0.1) is 0 Å². The average Bonchev–Trinajstić information content (AvgIpc) is 3.70. The first-order valence-electron chi connectivity index (χ1n) is 16.8. The summed E-state index contributed by atoms with van der Waals surface area (Å²) < 4.78 is 17.5. The number of nitrogens with two attached hydrogens (primary N) is 1. The van der Waals surface area contributed by atoms with E-state index < -0.39 is 0 Å². The number of benzene rings is 4. The molecular formula is C40H44Br2N4O3. The molecule has 0 fully saturated rings. The fraction of sp³-hybridized carbons (Fsp3) is 0.300. The highest BCUT2D eigenvalue weighted by molar-refractivity contribution is 9.10. The molecule has 5 N–H and O–H groups in total. The number of halogens is 2. The zero-order valence-corrected chi connectivity index (χ0v) is 31.4. The molecular weight excluding hydrogens is 744 g/mol. The van der Waals surface area contributed by atoms with Gasteiger partial charge in [0.15, 0.2) is 0 Å². The normalized spacial score (nSPS) is 16.4. The summed E-state index contributed by atoms with van der Waals surface area (Å²) in [5.74, 6) is 2.55. The molecule has 6 aromatic rings. The lowest BCUT2D eigenvalue weighted by atomic mass is 9.91. The maximum absolute atomic E-state index is 6.11. The van der Waals surface area contributed by atoms with E-state index in [0.29, 0.717) is 6.04 Å². The van der Waals surface area contributed by atoms with Crippen molar-refractivity contribution in [2.45, 2.75) is 57.2 Å². The lowest BCUT2D eigenvalue weighted by Gasteiger charge is -2.24. The van der Waals surface area contributed by atoms with Crippen LogP contribution in [0.4, 0.5) is 0 Å². The third kappa shape index (κ3) is 8.35. The van der Waals surface area contributed by atoms with Gasteiger partial charge in [0.1, 0.15) is 17.2 Å². The van der Waals surface area contributed by atoms with Gasteiger partial charge in [0.05, 0.1) is 21.3 Å². The zero-order chi connectivity index (χ0) is 34.3. The van der Waals surface area contributed by atoms with Crippen LogP contribution in [0.25, 0.3) is 21.8 Å². The van der Waals surface area contributed by atoms with Gasteiger partial charge in [0.2, 0.25) is 0 Å². The van der Waals surface area contributed by atoms with Crippen molar-refractivity contribution in [2.75, 3.05) is 21.3 Å². The Balaban J connectivity index is 0.000000142.